The van der Waals surface area contributed by atoms with Gasteiger partial charge in [-0.25, -0.2) is 0 Å². The van der Waals surface area contributed by atoms with E-state index in [4.69, 9.17) is 14.2 Å². The third-order valence-corrected chi connectivity index (χ3v) is 3.04. The summed E-state index contributed by atoms with van der Waals surface area (Å²) in [5.74, 6) is 1.12. The average Bonchev–Trinajstić information content (AvgIpc) is 2.44. The number of rotatable bonds is 7. The van der Waals surface area contributed by atoms with E-state index in [0.717, 1.165) is 12.0 Å². The summed E-state index contributed by atoms with van der Waals surface area (Å²) in [4.78, 5) is 11.8. The highest BCUT2D eigenvalue weighted by Crippen LogP contribution is 2.29. The summed E-state index contributed by atoms with van der Waals surface area (Å²) >= 11 is 0. The molecule has 0 fully saturated rings. The number of esters is 1. The molecular formula is C15H22O4. The van der Waals surface area contributed by atoms with Crippen molar-refractivity contribution in [2.75, 3.05) is 20.8 Å². The van der Waals surface area contributed by atoms with Crippen LogP contribution in [0.5, 0.6) is 11.5 Å². The molecule has 19 heavy (non-hydrogen) atoms. The molecule has 0 aliphatic carbocycles. The van der Waals surface area contributed by atoms with Gasteiger partial charge in [0.25, 0.3) is 0 Å². The smallest absolute Gasteiger partial charge is 0.309 e. The molecule has 0 bridgehead atoms. The summed E-state index contributed by atoms with van der Waals surface area (Å²) in [6.45, 7) is 4.23. The average molecular weight is 266 g/mol. The van der Waals surface area contributed by atoms with E-state index in [0.29, 0.717) is 24.5 Å². The van der Waals surface area contributed by atoms with Gasteiger partial charge in [-0.2, -0.15) is 0 Å². The van der Waals surface area contributed by atoms with Gasteiger partial charge in [-0.05, 0) is 37.5 Å². The molecule has 0 saturated heterocycles. The van der Waals surface area contributed by atoms with Crippen molar-refractivity contribution >= 4 is 5.97 Å². The molecular weight excluding hydrogens is 244 g/mol. The second-order valence-corrected chi connectivity index (χ2v) is 4.25. The third kappa shape index (κ3) is 4.16. The van der Waals surface area contributed by atoms with Crippen molar-refractivity contribution in [3.8, 4) is 11.5 Å². The lowest BCUT2D eigenvalue weighted by molar-refractivity contribution is -0.148. The zero-order valence-electron chi connectivity index (χ0n) is 12.1. The highest BCUT2D eigenvalue weighted by atomic mass is 16.5. The van der Waals surface area contributed by atoms with Crippen molar-refractivity contribution in [3.05, 3.63) is 23.8 Å². The molecule has 0 aliphatic rings. The van der Waals surface area contributed by atoms with Crippen molar-refractivity contribution in [1.82, 2.24) is 0 Å². The molecule has 1 aromatic carbocycles. The Hall–Kier alpha value is -1.71. The van der Waals surface area contributed by atoms with E-state index in [1.165, 1.54) is 0 Å². The van der Waals surface area contributed by atoms with Crippen LogP contribution < -0.4 is 9.47 Å². The Kier molecular flexibility index (Phi) is 6.19. The molecule has 0 saturated carbocycles. The highest BCUT2D eigenvalue weighted by molar-refractivity contribution is 5.72. The molecule has 0 N–H and O–H groups in total. The van der Waals surface area contributed by atoms with E-state index in [2.05, 4.69) is 0 Å². The van der Waals surface area contributed by atoms with Crippen molar-refractivity contribution in [2.45, 2.75) is 26.7 Å². The predicted molar refractivity (Wildman–Crippen MR) is 73.7 cm³/mol. The maximum absolute atomic E-state index is 11.8. The lowest BCUT2D eigenvalue weighted by Crippen LogP contribution is -2.19. The lowest BCUT2D eigenvalue weighted by Gasteiger charge is -2.15. The Morgan fingerprint density at radius 2 is 1.84 bits per heavy atom. The van der Waals surface area contributed by atoms with Crippen LogP contribution in [0.1, 0.15) is 25.8 Å². The fourth-order valence-electron chi connectivity index (χ4n) is 1.95. The normalized spacial score (nSPS) is 11.8. The number of methoxy groups -OCH3 is 2. The molecule has 1 rings (SSSR count). The zero-order valence-corrected chi connectivity index (χ0v) is 12.1. The fraction of sp³-hybridized carbons (Fsp3) is 0.533. The SMILES string of the molecule is CCOC(=O)[C@H](CC)Cc1ccc(OC)c(OC)c1. The number of hydrogen-bond acceptors (Lipinski definition) is 4. The van der Waals surface area contributed by atoms with Crippen LogP contribution in [0.15, 0.2) is 18.2 Å². The molecule has 0 aromatic heterocycles. The van der Waals surface area contributed by atoms with Gasteiger partial charge in [0, 0.05) is 0 Å². The standard InChI is InChI=1S/C15H22O4/c1-5-12(15(16)19-6-2)9-11-7-8-13(17-3)14(10-11)18-4/h7-8,10,12H,5-6,9H2,1-4H3/t12-/m1/s1. The van der Waals surface area contributed by atoms with E-state index in [-0.39, 0.29) is 11.9 Å². The van der Waals surface area contributed by atoms with Crippen molar-refractivity contribution < 1.29 is 19.0 Å². The number of benzene rings is 1. The molecule has 106 valence electrons. The highest BCUT2D eigenvalue weighted by Gasteiger charge is 2.18. The molecule has 0 unspecified atom stereocenters. The Labute approximate surface area is 114 Å². The first kappa shape index (κ1) is 15.3. The first-order chi connectivity index (χ1) is 9.15. The fourth-order valence-corrected chi connectivity index (χ4v) is 1.95. The van der Waals surface area contributed by atoms with Crippen LogP contribution in [0, 0.1) is 5.92 Å². The van der Waals surface area contributed by atoms with Crippen molar-refractivity contribution in [2.24, 2.45) is 5.92 Å². The number of carbonyl (C=O) groups excluding carboxylic acids is 1. The Balaban J connectivity index is 2.82. The Morgan fingerprint density at radius 1 is 1.16 bits per heavy atom. The van der Waals surface area contributed by atoms with Gasteiger partial charge in [0.2, 0.25) is 0 Å². The van der Waals surface area contributed by atoms with Gasteiger partial charge in [-0.1, -0.05) is 13.0 Å². The first-order valence-corrected chi connectivity index (χ1v) is 6.53. The first-order valence-electron chi connectivity index (χ1n) is 6.53. The van der Waals surface area contributed by atoms with Gasteiger partial charge in [0.05, 0.1) is 26.7 Å². The van der Waals surface area contributed by atoms with Crippen LogP contribution >= 0.6 is 0 Å². The second-order valence-electron chi connectivity index (χ2n) is 4.25. The third-order valence-electron chi connectivity index (χ3n) is 3.04. The van der Waals surface area contributed by atoms with E-state index in [9.17, 15) is 4.79 Å². The molecule has 0 spiro atoms. The summed E-state index contributed by atoms with van der Waals surface area (Å²) < 4.78 is 15.5. The van der Waals surface area contributed by atoms with Gasteiger partial charge < -0.3 is 14.2 Å². The molecule has 1 atom stereocenters. The van der Waals surface area contributed by atoms with Crippen LogP contribution in [0.3, 0.4) is 0 Å². The lowest BCUT2D eigenvalue weighted by atomic mass is 9.97. The summed E-state index contributed by atoms with van der Waals surface area (Å²) in [6, 6.07) is 5.70. The summed E-state index contributed by atoms with van der Waals surface area (Å²) in [7, 11) is 3.20. The number of ether oxygens (including phenoxy) is 3. The minimum absolute atomic E-state index is 0.113. The molecule has 0 aliphatic heterocycles. The van der Waals surface area contributed by atoms with Crippen LogP contribution in [-0.2, 0) is 16.0 Å². The monoisotopic (exact) mass is 266 g/mol. The summed E-state index contributed by atoms with van der Waals surface area (Å²) in [5.41, 5.74) is 1.04. The summed E-state index contributed by atoms with van der Waals surface area (Å²) in [5, 5.41) is 0. The van der Waals surface area contributed by atoms with Crippen LogP contribution in [0.4, 0.5) is 0 Å². The Bertz CT molecular complexity index is 415. The predicted octanol–water partition coefficient (Wildman–Crippen LogP) is 2.84. The maximum atomic E-state index is 11.8. The van der Waals surface area contributed by atoms with Crippen LogP contribution in [0.2, 0.25) is 0 Å². The van der Waals surface area contributed by atoms with E-state index in [1.54, 1.807) is 14.2 Å². The number of carbonyl (C=O) groups is 1. The van der Waals surface area contributed by atoms with E-state index in [1.807, 2.05) is 32.0 Å². The Morgan fingerprint density at radius 3 is 2.37 bits per heavy atom. The minimum atomic E-state index is -0.139. The van der Waals surface area contributed by atoms with Crippen LogP contribution in [0.25, 0.3) is 0 Å². The second kappa shape index (κ2) is 7.67. The van der Waals surface area contributed by atoms with Gasteiger partial charge in [0.15, 0.2) is 11.5 Å². The molecule has 0 radical (unpaired) electrons. The van der Waals surface area contributed by atoms with E-state index < -0.39 is 0 Å². The molecule has 1 aromatic rings. The molecule has 4 nitrogen and oxygen atoms in total. The van der Waals surface area contributed by atoms with Crippen molar-refractivity contribution in [3.63, 3.8) is 0 Å². The largest absolute Gasteiger partial charge is 0.493 e. The van der Waals surface area contributed by atoms with Gasteiger partial charge in [-0.3, -0.25) is 4.79 Å². The maximum Gasteiger partial charge on any atom is 0.309 e. The van der Waals surface area contributed by atoms with Crippen molar-refractivity contribution in [1.29, 1.82) is 0 Å². The minimum Gasteiger partial charge on any atom is -0.493 e. The molecule has 4 heteroatoms. The topological polar surface area (TPSA) is 44.8 Å². The summed E-state index contributed by atoms with van der Waals surface area (Å²) in [6.07, 6.45) is 1.41. The zero-order chi connectivity index (χ0) is 14.3. The number of hydrogen-bond donors (Lipinski definition) is 0. The molecule has 0 heterocycles. The quantitative estimate of drug-likeness (QED) is 0.712. The van der Waals surface area contributed by atoms with Gasteiger partial charge in [-0.15, -0.1) is 0 Å². The van der Waals surface area contributed by atoms with Gasteiger partial charge in [0.1, 0.15) is 0 Å². The molecule has 0 amide bonds. The van der Waals surface area contributed by atoms with Gasteiger partial charge >= 0.3 is 5.97 Å². The van der Waals surface area contributed by atoms with Crippen LogP contribution in [-0.4, -0.2) is 26.8 Å². The van der Waals surface area contributed by atoms with E-state index >= 15 is 0 Å².